The van der Waals surface area contributed by atoms with Crippen molar-refractivity contribution in [3.8, 4) is 0 Å². The van der Waals surface area contributed by atoms with Gasteiger partial charge in [-0.1, -0.05) is 6.07 Å². The highest BCUT2D eigenvalue weighted by Gasteiger charge is 2.29. The van der Waals surface area contributed by atoms with Crippen molar-refractivity contribution >= 4 is 0 Å². The summed E-state index contributed by atoms with van der Waals surface area (Å²) in [5.74, 6) is -2.16. The van der Waals surface area contributed by atoms with Gasteiger partial charge in [0.2, 0.25) is 0 Å². The molecule has 108 valence electrons. The molecule has 0 fully saturated rings. The highest BCUT2D eigenvalue weighted by atomic mass is 19.4. The molecule has 2 atom stereocenters. The molecule has 7 heteroatoms. The molecule has 0 bridgehead atoms. The molecule has 0 spiro atoms. The molecule has 1 aromatic carbocycles. The number of hydrogen-bond acceptors (Lipinski definition) is 2. The fraction of sp³-hybridized carbons (Fsp3) is 0.500. The Labute approximate surface area is 107 Å². The van der Waals surface area contributed by atoms with Crippen LogP contribution in [0.2, 0.25) is 0 Å². The van der Waals surface area contributed by atoms with Gasteiger partial charge in [-0.2, -0.15) is 13.2 Å². The maximum Gasteiger partial charge on any atom is 0.390 e. The van der Waals surface area contributed by atoms with Crippen molar-refractivity contribution in [1.29, 1.82) is 0 Å². The number of rotatable bonds is 5. The smallest absolute Gasteiger partial charge is 0.387 e. The molecule has 0 saturated heterocycles. The number of aliphatic hydroxyl groups is 1. The van der Waals surface area contributed by atoms with E-state index in [9.17, 15) is 27.1 Å². The third kappa shape index (κ3) is 5.52. The van der Waals surface area contributed by atoms with Crippen LogP contribution < -0.4 is 5.32 Å². The summed E-state index contributed by atoms with van der Waals surface area (Å²) in [6.45, 7) is 1.15. The van der Waals surface area contributed by atoms with Crippen LogP contribution in [0.3, 0.4) is 0 Å². The van der Waals surface area contributed by atoms with Crippen molar-refractivity contribution in [2.75, 3.05) is 6.54 Å². The largest absolute Gasteiger partial charge is 0.390 e. The van der Waals surface area contributed by atoms with E-state index in [1.165, 1.54) is 13.0 Å². The van der Waals surface area contributed by atoms with Gasteiger partial charge in [0, 0.05) is 12.6 Å². The van der Waals surface area contributed by atoms with Gasteiger partial charge in [-0.05, 0) is 24.6 Å². The van der Waals surface area contributed by atoms with Crippen LogP contribution in [-0.2, 0) is 0 Å². The second-order valence-corrected chi connectivity index (χ2v) is 4.32. The van der Waals surface area contributed by atoms with E-state index >= 15 is 0 Å². The Bertz CT molecular complexity index is 421. The number of halogens is 5. The molecule has 1 aromatic rings. The van der Waals surface area contributed by atoms with Crippen LogP contribution in [0.5, 0.6) is 0 Å². The molecule has 0 saturated carbocycles. The van der Waals surface area contributed by atoms with Crippen molar-refractivity contribution in [3.63, 3.8) is 0 Å². The Morgan fingerprint density at radius 1 is 1.21 bits per heavy atom. The van der Waals surface area contributed by atoms with Gasteiger partial charge in [0.25, 0.3) is 0 Å². The zero-order chi connectivity index (χ0) is 14.6. The van der Waals surface area contributed by atoms with E-state index in [-0.39, 0.29) is 12.1 Å². The number of nitrogens with one attached hydrogen (secondary N) is 1. The first kappa shape index (κ1) is 15.8. The van der Waals surface area contributed by atoms with E-state index in [1.54, 1.807) is 0 Å². The van der Waals surface area contributed by atoms with E-state index in [1.807, 2.05) is 0 Å². The predicted octanol–water partition coefficient (Wildman–Crippen LogP) is 2.93. The third-order valence-corrected chi connectivity index (χ3v) is 2.53. The van der Waals surface area contributed by atoms with Crippen molar-refractivity contribution in [2.45, 2.75) is 31.7 Å². The van der Waals surface area contributed by atoms with E-state index in [0.29, 0.717) is 0 Å². The molecule has 0 radical (unpaired) electrons. The molecule has 19 heavy (non-hydrogen) atoms. The summed E-state index contributed by atoms with van der Waals surface area (Å²) < 4.78 is 61.7. The van der Waals surface area contributed by atoms with Crippen LogP contribution in [-0.4, -0.2) is 23.9 Å². The van der Waals surface area contributed by atoms with Gasteiger partial charge in [-0.25, -0.2) is 8.78 Å². The molecule has 2 unspecified atom stereocenters. The van der Waals surface area contributed by atoms with Gasteiger partial charge in [0.05, 0.1) is 12.5 Å². The minimum Gasteiger partial charge on any atom is -0.387 e. The van der Waals surface area contributed by atoms with Crippen molar-refractivity contribution in [1.82, 2.24) is 5.32 Å². The zero-order valence-corrected chi connectivity index (χ0v) is 10.1. The number of benzene rings is 1. The van der Waals surface area contributed by atoms with E-state index < -0.39 is 36.4 Å². The summed E-state index contributed by atoms with van der Waals surface area (Å²) in [5.41, 5.74) is 0.102. The summed E-state index contributed by atoms with van der Waals surface area (Å²) in [4.78, 5) is 0. The van der Waals surface area contributed by atoms with Crippen LogP contribution in [0.1, 0.15) is 25.0 Å². The first-order valence-electron chi connectivity index (χ1n) is 5.62. The molecule has 2 nitrogen and oxygen atoms in total. The lowest BCUT2D eigenvalue weighted by atomic mass is 10.1. The molecule has 0 aromatic heterocycles. The Morgan fingerprint density at radius 3 is 2.37 bits per heavy atom. The minimum absolute atomic E-state index is 0.102. The van der Waals surface area contributed by atoms with Crippen LogP contribution >= 0.6 is 0 Å². The normalized spacial score (nSPS) is 15.3. The Morgan fingerprint density at radius 2 is 1.84 bits per heavy atom. The topological polar surface area (TPSA) is 32.3 Å². The molecule has 0 aliphatic rings. The first-order valence-corrected chi connectivity index (χ1v) is 5.62. The first-order chi connectivity index (χ1) is 8.69. The lowest BCUT2D eigenvalue weighted by molar-refractivity contribution is -0.139. The van der Waals surface area contributed by atoms with Gasteiger partial charge in [0.15, 0.2) is 11.6 Å². The van der Waals surface area contributed by atoms with Gasteiger partial charge >= 0.3 is 6.18 Å². The van der Waals surface area contributed by atoms with Crippen molar-refractivity contribution < 1.29 is 27.1 Å². The molecule has 0 amide bonds. The molecular formula is C12H14F5NO. The summed E-state index contributed by atoms with van der Waals surface area (Å²) >= 11 is 0. The standard InChI is InChI=1S/C12H14F5NO/c1-7(5-12(15,16)17)18-6-11(19)8-2-3-9(13)10(14)4-8/h2-4,7,11,18-19H,5-6H2,1H3. The van der Waals surface area contributed by atoms with Gasteiger partial charge < -0.3 is 10.4 Å². The predicted molar refractivity (Wildman–Crippen MR) is 59.5 cm³/mol. The Hall–Kier alpha value is -1.21. The minimum atomic E-state index is -4.29. The number of alkyl halides is 3. The van der Waals surface area contributed by atoms with Gasteiger partial charge in [-0.3, -0.25) is 0 Å². The van der Waals surface area contributed by atoms with E-state index in [4.69, 9.17) is 0 Å². The summed E-state index contributed by atoms with van der Waals surface area (Å²) in [7, 11) is 0. The molecule has 2 N–H and O–H groups in total. The van der Waals surface area contributed by atoms with Gasteiger partial charge in [-0.15, -0.1) is 0 Å². The summed E-state index contributed by atoms with van der Waals surface area (Å²) in [5, 5.41) is 12.1. The maximum atomic E-state index is 12.9. The number of aliphatic hydroxyl groups excluding tert-OH is 1. The fourth-order valence-corrected chi connectivity index (χ4v) is 1.57. The third-order valence-electron chi connectivity index (χ3n) is 2.53. The lowest BCUT2D eigenvalue weighted by Crippen LogP contribution is -2.34. The molecular weight excluding hydrogens is 269 g/mol. The summed E-state index contributed by atoms with van der Waals surface area (Å²) in [6, 6.07) is 1.97. The fourth-order valence-electron chi connectivity index (χ4n) is 1.57. The molecule has 0 aliphatic heterocycles. The second kappa shape index (κ2) is 6.29. The van der Waals surface area contributed by atoms with Crippen LogP contribution in [0.4, 0.5) is 22.0 Å². The highest BCUT2D eigenvalue weighted by Crippen LogP contribution is 2.22. The van der Waals surface area contributed by atoms with Crippen LogP contribution in [0.25, 0.3) is 0 Å². The van der Waals surface area contributed by atoms with Crippen LogP contribution in [0.15, 0.2) is 18.2 Å². The Kier molecular flexibility index (Phi) is 5.25. The van der Waals surface area contributed by atoms with Gasteiger partial charge in [0.1, 0.15) is 0 Å². The Balaban J connectivity index is 2.51. The van der Waals surface area contributed by atoms with Crippen molar-refractivity contribution in [2.24, 2.45) is 0 Å². The molecule has 0 aliphatic carbocycles. The average molecular weight is 283 g/mol. The SMILES string of the molecule is CC(CC(F)(F)F)NCC(O)c1ccc(F)c(F)c1. The van der Waals surface area contributed by atoms with Crippen LogP contribution in [0, 0.1) is 11.6 Å². The molecule has 1 rings (SSSR count). The second-order valence-electron chi connectivity index (χ2n) is 4.32. The quantitative estimate of drug-likeness (QED) is 0.814. The van der Waals surface area contributed by atoms with E-state index in [0.717, 1.165) is 12.1 Å². The van der Waals surface area contributed by atoms with Crippen molar-refractivity contribution in [3.05, 3.63) is 35.4 Å². The zero-order valence-electron chi connectivity index (χ0n) is 10.1. The average Bonchev–Trinajstić information content (AvgIpc) is 2.27. The molecule has 0 heterocycles. The van der Waals surface area contributed by atoms with E-state index in [2.05, 4.69) is 5.32 Å². The lowest BCUT2D eigenvalue weighted by Gasteiger charge is -2.18. The maximum absolute atomic E-state index is 12.9. The number of hydrogen-bond donors (Lipinski definition) is 2. The highest BCUT2D eigenvalue weighted by molar-refractivity contribution is 5.20. The monoisotopic (exact) mass is 283 g/mol. The summed E-state index contributed by atoms with van der Waals surface area (Å²) in [6.07, 6.45) is -6.53.